The van der Waals surface area contributed by atoms with Gasteiger partial charge in [-0.15, -0.1) is 0 Å². The number of amides is 3. The van der Waals surface area contributed by atoms with E-state index in [4.69, 9.17) is 4.74 Å². The van der Waals surface area contributed by atoms with Gasteiger partial charge in [0.1, 0.15) is 5.75 Å². The van der Waals surface area contributed by atoms with Crippen molar-refractivity contribution in [2.24, 2.45) is 5.10 Å². The third-order valence-electron chi connectivity index (χ3n) is 4.22. The zero-order valence-electron chi connectivity index (χ0n) is 17.3. The van der Waals surface area contributed by atoms with Crippen LogP contribution >= 0.6 is 0 Å². The van der Waals surface area contributed by atoms with Crippen LogP contribution in [0, 0.1) is 6.92 Å². The predicted molar refractivity (Wildman–Crippen MR) is 115 cm³/mol. The molecule has 30 heavy (non-hydrogen) atoms. The number of hydrogen-bond acceptors (Lipinski definition) is 5. The predicted octanol–water partition coefficient (Wildman–Crippen LogP) is 2.38. The monoisotopic (exact) mass is 410 g/mol. The van der Waals surface area contributed by atoms with Gasteiger partial charge in [-0.2, -0.15) is 5.10 Å². The van der Waals surface area contributed by atoms with Crippen molar-refractivity contribution < 1.29 is 19.1 Å². The van der Waals surface area contributed by atoms with Gasteiger partial charge in [0, 0.05) is 11.7 Å². The van der Waals surface area contributed by atoms with E-state index < -0.39 is 11.8 Å². The van der Waals surface area contributed by atoms with Gasteiger partial charge < -0.3 is 15.4 Å². The van der Waals surface area contributed by atoms with Crippen LogP contribution in [0.1, 0.15) is 31.4 Å². The average molecular weight is 410 g/mol. The van der Waals surface area contributed by atoms with Gasteiger partial charge in [-0.3, -0.25) is 14.4 Å². The summed E-state index contributed by atoms with van der Waals surface area (Å²) in [4.78, 5) is 35.4. The molecule has 0 fully saturated rings. The van der Waals surface area contributed by atoms with Crippen molar-refractivity contribution in [3.8, 4) is 5.75 Å². The Balaban J connectivity index is 1.84. The lowest BCUT2D eigenvalue weighted by Gasteiger charge is -2.10. The molecule has 158 valence electrons. The molecule has 0 spiro atoms. The Labute approximate surface area is 175 Å². The summed E-state index contributed by atoms with van der Waals surface area (Å²) in [5.74, 6) is -1.38. The van der Waals surface area contributed by atoms with Crippen molar-refractivity contribution in [3.63, 3.8) is 0 Å². The van der Waals surface area contributed by atoms with E-state index in [1.54, 1.807) is 31.2 Å². The molecule has 3 N–H and O–H groups in total. The molecule has 0 unspecified atom stereocenters. The van der Waals surface area contributed by atoms with Crippen molar-refractivity contribution in [2.75, 3.05) is 11.9 Å². The van der Waals surface area contributed by atoms with E-state index in [-0.39, 0.29) is 18.6 Å². The van der Waals surface area contributed by atoms with Gasteiger partial charge >= 0.3 is 11.8 Å². The number of ether oxygens (including phenoxy) is 1. The number of carbonyl (C=O) groups is 3. The maximum Gasteiger partial charge on any atom is 0.329 e. The second kappa shape index (κ2) is 11.4. The van der Waals surface area contributed by atoms with E-state index in [1.165, 1.54) is 6.21 Å². The van der Waals surface area contributed by atoms with Gasteiger partial charge in [0.05, 0.1) is 6.21 Å². The third-order valence-corrected chi connectivity index (χ3v) is 4.22. The van der Waals surface area contributed by atoms with E-state index in [1.807, 2.05) is 38.1 Å². The van der Waals surface area contributed by atoms with Crippen LogP contribution in [-0.4, -0.2) is 36.6 Å². The van der Waals surface area contributed by atoms with Gasteiger partial charge in [-0.05, 0) is 49.6 Å². The topological polar surface area (TPSA) is 109 Å². The van der Waals surface area contributed by atoms with E-state index in [0.717, 1.165) is 17.7 Å². The van der Waals surface area contributed by atoms with Gasteiger partial charge in [-0.1, -0.05) is 37.3 Å². The summed E-state index contributed by atoms with van der Waals surface area (Å²) in [7, 11) is 0. The summed E-state index contributed by atoms with van der Waals surface area (Å²) in [5.41, 5.74) is 4.51. The summed E-state index contributed by atoms with van der Waals surface area (Å²) in [5, 5.41) is 9.12. The Morgan fingerprint density at radius 1 is 1.10 bits per heavy atom. The molecule has 3 amide bonds. The minimum atomic E-state index is -0.841. The normalized spacial score (nSPS) is 11.6. The molecule has 0 saturated heterocycles. The van der Waals surface area contributed by atoms with Crippen LogP contribution in [0.15, 0.2) is 53.6 Å². The Morgan fingerprint density at radius 2 is 1.87 bits per heavy atom. The van der Waals surface area contributed by atoms with Crippen LogP contribution in [0.2, 0.25) is 0 Å². The summed E-state index contributed by atoms with van der Waals surface area (Å²) in [6.45, 7) is 5.47. The Morgan fingerprint density at radius 3 is 2.60 bits per heavy atom. The number of nitrogens with one attached hydrogen (secondary N) is 3. The summed E-state index contributed by atoms with van der Waals surface area (Å²) in [6, 6.07) is 14.2. The number of rotatable bonds is 8. The molecule has 0 saturated carbocycles. The van der Waals surface area contributed by atoms with Crippen LogP contribution in [0.4, 0.5) is 5.69 Å². The van der Waals surface area contributed by atoms with Crippen LogP contribution < -0.4 is 20.8 Å². The number of para-hydroxylation sites is 1. The zero-order valence-corrected chi connectivity index (χ0v) is 17.3. The maximum atomic E-state index is 12.1. The first kappa shape index (κ1) is 22.6. The third kappa shape index (κ3) is 7.38. The molecule has 0 aliphatic heterocycles. The van der Waals surface area contributed by atoms with Gasteiger partial charge in [0.25, 0.3) is 5.91 Å². The summed E-state index contributed by atoms with van der Waals surface area (Å²) < 4.78 is 5.52. The van der Waals surface area contributed by atoms with E-state index in [9.17, 15) is 14.4 Å². The van der Waals surface area contributed by atoms with Gasteiger partial charge in [0.15, 0.2) is 6.61 Å². The average Bonchev–Trinajstić information content (AvgIpc) is 2.74. The SMILES string of the molecule is CC[C@H](C)NC(=O)C(=O)N/N=C\c1cccc(OCC(=O)Nc2ccccc2C)c1. The maximum absolute atomic E-state index is 12.1. The fraction of sp³-hybridized carbons (Fsp3) is 0.273. The molecule has 0 radical (unpaired) electrons. The standard InChI is InChI=1S/C22H26N4O4/c1-4-16(3)24-21(28)22(29)26-23-13-17-9-7-10-18(12-17)30-14-20(27)25-19-11-6-5-8-15(19)2/h5-13,16H,4,14H2,1-3H3,(H,24,28)(H,25,27)(H,26,29)/b23-13-/t16-/m0/s1. The quantitative estimate of drug-likeness (QED) is 0.353. The van der Waals surface area contributed by atoms with E-state index in [2.05, 4.69) is 21.2 Å². The van der Waals surface area contributed by atoms with Gasteiger partial charge in [-0.25, -0.2) is 5.43 Å². The number of benzene rings is 2. The van der Waals surface area contributed by atoms with Crippen molar-refractivity contribution in [2.45, 2.75) is 33.2 Å². The second-order valence-electron chi connectivity index (χ2n) is 6.71. The molecular formula is C22H26N4O4. The molecule has 1 atom stereocenters. The van der Waals surface area contributed by atoms with Gasteiger partial charge in [0.2, 0.25) is 0 Å². The highest BCUT2D eigenvalue weighted by Gasteiger charge is 2.14. The van der Waals surface area contributed by atoms with Crippen molar-refractivity contribution >= 4 is 29.6 Å². The minimum absolute atomic E-state index is 0.0935. The lowest BCUT2D eigenvalue weighted by atomic mass is 10.2. The van der Waals surface area contributed by atoms with Crippen molar-refractivity contribution in [1.82, 2.24) is 10.7 Å². The van der Waals surface area contributed by atoms with E-state index >= 15 is 0 Å². The van der Waals surface area contributed by atoms with Crippen LogP contribution in [0.3, 0.4) is 0 Å². The first-order valence-corrected chi connectivity index (χ1v) is 9.61. The molecule has 0 heterocycles. The fourth-order valence-electron chi connectivity index (χ4n) is 2.34. The lowest BCUT2D eigenvalue weighted by Crippen LogP contribution is -2.41. The van der Waals surface area contributed by atoms with Crippen LogP contribution in [0.25, 0.3) is 0 Å². The van der Waals surface area contributed by atoms with Crippen LogP contribution in [-0.2, 0) is 14.4 Å². The molecular weight excluding hydrogens is 384 g/mol. The fourth-order valence-corrected chi connectivity index (χ4v) is 2.34. The second-order valence-corrected chi connectivity index (χ2v) is 6.71. The molecule has 0 aliphatic carbocycles. The molecule has 8 nitrogen and oxygen atoms in total. The van der Waals surface area contributed by atoms with Crippen molar-refractivity contribution in [1.29, 1.82) is 0 Å². The number of hydrogen-bond donors (Lipinski definition) is 3. The van der Waals surface area contributed by atoms with Crippen molar-refractivity contribution in [3.05, 3.63) is 59.7 Å². The molecule has 8 heteroatoms. The number of hydrazone groups is 1. The Hall–Kier alpha value is -3.68. The Bertz CT molecular complexity index is 927. The molecule has 0 bridgehead atoms. The number of aryl methyl sites for hydroxylation is 1. The highest BCUT2D eigenvalue weighted by molar-refractivity contribution is 6.35. The number of anilines is 1. The summed E-state index contributed by atoms with van der Waals surface area (Å²) in [6.07, 6.45) is 2.10. The zero-order chi connectivity index (χ0) is 21.9. The first-order chi connectivity index (χ1) is 14.4. The highest BCUT2D eigenvalue weighted by atomic mass is 16.5. The molecule has 0 aliphatic rings. The van der Waals surface area contributed by atoms with E-state index in [0.29, 0.717) is 11.3 Å². The summed E-state index contributed by atoms with van der Waals surface area (Å²) >= 11 is 0. The number of nitrogens with zero attached hydrogens (tertiary/aromatic N) is 1. The Kier molecular flexibility index (Phi) is 8.56. The molecule has 2 aromatic rings. The number of carbonyl (C=O) groups excluding carboxylic acids is 3. The molecule has 0 aromatic heterocycles. The minimum Gasteiger partial charge on any atom is -0.484 e. The molecule has 2 aromatic carbocycles. The largest absolute Gasteiger partial charge is 0.484 e. The van der Waals surface area contributed by atoms with Crippen LogP contribution in [0.5, 0.6) is 5.75 Å². The lowest BCUT2D eigenvalue weighted by molar-refractivity contribution is -0.139. The molecule has 2 rings (SSSR count). The first-order valence-electron chi connectivity index (χ1n) is 9.61. The smallest absolute Gasteiger partial charge is 0.329 e. The highest BCUT2D eigenvalue weighted by Crippen LogP contribution is 2.14.